The summed E-state index contributed by atoms with van der Waals surface area (Å²) >= 11 is 0. The van der Waals surface area contributed by atoms with Crippen molar-refractivity contribution in [3.8, 4) is 0 Å². The van der Waals surface area contributed by atoms with Gasteiger partial charge < -0.3 is 16.0 Å². The van der Waals surface area contributed by atoms with Crippen LogP contribution in [0.25, 0.3) is 0 Å². The van der Waals surface area contributed by atoms with Crippen molar-refractivity contribution in [3.05, 3.63) is 35.6 Å². The van der Waals surface area contributed by atoms with Gasteiger partial charge in [-0.3, -0.25) is 4.99 Å². The molecule has 0 saturated heterocycles. The fourth-order valence-electron chi connectivity index (χ4n) is 2.82. The summed E-state index contributed by atoms with van der Waals surface area (Å²) < 4.78 is 12.9. The second-order valence-corrected chi connectivity index (χ2v) is 6.11. The molecule has 1 aliphatic rings. The fraction of sp³-hybridized carbons (Fsp3) is 0.588. The predicted molar refractivity (Wildman–Crippen MR) is 89.2 cm³/mol. The van der Waals surface area contributed by atoms with Gasteiger partial charge in [-0.2, -0.15) is 0 Å². The number of likely N-dealkylation sites (N-methyl/N-ethyl adjacent to an activating group) is 1. The first-order chi connectivity index (χ1) is 10.6. The summed E-state index contributed by atoms with van der Waals surface area (Å²) in [5.41, 5.74) is 7.04. The van der Waals surface area contributed by atoms with Crippen LogP contribution in [0.5, 0.6) is 0 Å². The molecule has 1 aromatic carbocycles. The Hall–Kier alpha value is -1.62. The summed E-state index contributed by atoms with van der Waals surface area (Å²) in [4.78, 5) is 6.55. The van der Waals surface area contributed by atoms with E-state index in [1.54, 1.807) is 0 Å². The Morgan fingerprint density at radius 1 is 1.27 bits per heavy atom. The van der Waals surface area contributed by atoms with Crippen LogP contribution in [0.3, 0.4) is 0 Å². The third-order valence-electron chi connectivity index (χ3n) is 4.09. The number of nitrogens with zero attached hydrogens (tertiary/aromatic N) is 2. The second kappa shape index (κ2) is 8.73. The quantitative estimate of drug-likeness (QED) is 0.627. The molecule has 0 heterocycles. The second-order valence-electron chi connectivity index (χ2n) is 6.11. The molecule has 0 bridgehead atoms. The molecule has 22 heavy (non-hydrogen) atoms. The normalized spacial score (nSPS) is 17.0. The Morgan fingerprint density at radius 2 is 1.95 bits per heavy atom. The Balaban J connectivity index is 1.67. The molecule has 0 aliphatic heterocycles. The first-order valence-corrected chi connectivity index (χ1v) is 8.13. The molecular formula is C17H27FN4. The number of nitrogens with two attached hydrogens (primary N) is 1. The van der Waals surface area contributed by atoms with Gasteiger partial charge in [-0.15, -0.1) is 0 Å². The van der Waals surface area contributed by atoms with Crippen LogP contribution in [-0.4, -0.2) is 37.0 Å². The zero-order valence-corrected chi connectivity index (χ0v) is 13.4. The van der Waals surface area contributed by atoms with Crippen LogP contribution in [0, 0.1) is 5.82 Å². The van der Waals surface area contributed by atoms with Crippen LogP contribution in [0.15, 0.2) is 29.3 Å². The van der Waals surface area contributed by atoms with Crippen LogP contribution < -0.4 is 11.1 Å². The smallest absolute Gasteiger partial charge is 0.188 e. The van der Waals surface area contributed by atoms with Gasteiger partial charge >= 0.3 is 0 Å². The third-order valence-corrected chi connectivity index (χ3v) is 4.09. The van der Waals surface area contributed by atoms with Gasteiger partial charge in [0.15, 0.2) is 5.96 Å². The molecule has 4 nitrogen and oxygen atoms in total. The van der Waals surface area contributed by atoms with Gasteiger partial charge in [0.25, 0.3) is 0 Å². The SMILES string of the molecule is CN(CCN=C(N)NC1CCCCC1)Cc1ccc(F)cc1. The molecule has 0 aromatic heterocycles. The highest BCUT2D eigenvalue weighted by atomic mass is 19.1. The average Bonchev–Trinajstić information content (AvgIpc) is 2.50. The molecule has 1 aliphatic carbocycles. The van der Waals surface area contributed by atoms with Crippen molar-refractivity contribution >= 4 is 5.96 Å². The molecular weight excluding hydrogens is 279 g/mol. The molecule has 1 aromatic rings. The summed E-state index contributed by atoms with van der Waals surface area (Å²) in [7, 11) is 2.03. The highest BCUT2D eigenvalue weighted by molar-refractivity contribution is 5.78. The number of rotatable bonds is 6. The molecule has 2 rings (SSSR count). The first-order valence-electron chi connectivity index (χ1n) is 8.13. The van der Waals surface area contributed by atoms with E-state index in [1.165, 1.54) is 44.2 Å². The van der Waals surface area contributed by atoms with E-state index >= 15 is 0 Å². The van der Waals surface area contributed by atoms with Gasteiger partial charge in [0.2, 0.25) is 0 Å². The van der Waals surface area contributed by atoms with Gasteiger partial charge in [0, 0.05) is 19.1 Å². The zero-order valence-electron chi connectivity index (χ0n) is 13.4. The van der Waals surface area contributed by atoms with Crippen LogP contribution in [0.2, 0.25) is 0 Å². The van der Waals surface area contributed by atoms with Gasteiger partial charge in [-0.05, 0) is 37.6 Å². The predicted octanol–water partition coefficient (Wildman–Crippen LogP) is 2.49. The number of hydrogen-bond acceptors (Lipinski definition) is 2. The van der Waals surface area contributed by atoms with Crippen LogP contribution in [-0.2, 0) is 6.54 Å². The summed E-state index contributed by atoms with van der Waals surface area (Å²) in [6.45, 7) is 2.28. The van der Waals surface area contributed by atoms with Crippen LogP contribution in [0.4, 0.5) is 4.39 Å². The van der Waals surface area contributed by atoms with Crippen molar-refractivity contribution in [1.82, 2.24) is 10.2 Å². The minimum atomic E-state index is -0.197. The minimum Gasteiger partial charge on any atom is -0.370 e. The maximum Gasteiger partial charge on any atom is 0.188 e. The molecule has 1 fully saturated rings. The van der Waals surface area contributed by atoms with E-state index in [9.17, 15) is 4.39 Å². The standard InChI is InChI=1S/C17H27FN4/c1-22(13-14-7-9-15(18)10-8-14)12-11-20-17(19)21-16-5-3-2-4-6-16/h7-10,16H,2-6,11-13H2,1H3,(H3,19,20,21). The topological polar surface area (TPSA) is 53.6 Å². The first kappa shape index (κ1) is 16.7. The van der Waals surface area contributed by atoms with Gasteiger partial charge in [0.1, 0.15) is 5.82 Å². The summed E-state index contributed by atoms with van der Waals surface area (Å²) in [6.07, 6.45) is 6.29. The van der Waals surface area contributed by atoms with E-state index in [1.807, 2.05) is 19.2 Å². The summed E-state index contributed by atoms with van der Waals surface area (Å²) in [5, 5.41) is 3.32. The zero-order chi connectivity index (χ0) is 15.8. The van der Waals surface area contributed by atoms with Crippen molar-refractivity contribution in [1.29, 1.82) is 0 Å². The van der Waals surface area contributed by atoms with Crippen LogP contribution >= 0.6 is 0 Å². The van der Waals surface area contributed by atoms with E-state index in [-0.39, 0.29) is 5.82 Å². The third kappa shape index (κ3) is 6.02. The Labute approximate surface area is 132 Å². The van der Waals surface area contributed by atoms with Crippen molar-refractivity contribution in [2.24, 2.45) is 10.7 Å². The molecule has 0 atom stereocenters. The number of benzene rings is 1. The molecule has 0 amide bonds. The number of aliphatic imine (C=N–C) groups is 1. The lowest BCUT2D eigenvalue weighted by Crippen LogP contribution is -2.41. The van der Waals surface area contributed by atoms with E-state index in [4.69, 9.17) is 5.73 Å². The van der Waals surface area contributed by atoms with E-state index in [0.29, 0.717) is 18.5 Å². The Morgan fingerprint density at radius 3 is 2.64 bits per heavy atom. The lowest BCUT2D eigenvalue weighted by atomic mass is 9.96. The molecule has 0 radical (unpaired) electrons. The van der Waals surface area contributed by atoms with Crippen molar-refractivity contribution < 1.29 is 4.39 Å². The van der Waals surface area contributed by atoms with Gasteiger partial charge in [0.05, 0.1) is 6.54 Å². The lowest BCUT2D eigenvalue weighted by molar-refractivity contribution is 0.336. The van der Waals surface area contributed by atoms with E-state index in [0.717, 1.165) is 18.7 Å². The highest BCUT2D eigenvalue weighted by Gasteiger charge is 2.13. The van der Waals surface area contributed by atoms with Gasteiger partial charge in [-0.1, -0.05) is 31.4 Å². The highest BCUT2D eigenvalue weighted by Crippen LogP contribution is 2.16. The molecule has 5 heteroatoms. The number of nitrogens with one attached hydrogen (secondary N) is 1. The summed E-state index contributed by atoms with van der Waals surface area (Å²) in [6, 6.07) is 7.11. The van der Waals surface area contributed by atoms with E-state index < -0.39 is 0 Å². The monoisotopic (exact) mass is 306 g/mol. The average molecular weight is 306 g/mol. The minimum absolute atomic E-state index is 0.197. The maximum atomic E-state index is 12.9. The van der Waals surface area contributed by atoms with Crippen LogP contribution in [0.1, 0.15) is 37.7 Å². The molecule has 1 saturated carbocycles. The van der Waals surface area contributed by atoms with E-state index in [2.05, 4.69) is 15.2 Å². The summed E-state index contributed by atoms with van der Waals surface area (Å²) in [5.74, 6) is 0.361. The fourth-order valence-corrected chi connectivity index (χ4v) is 2.82. The number of guanidine groups is 1. The molecule has 0 spiro atoms. The number of hydrogen-bond donors (Lipinski definition) is 2. The Kier molecular flexibility index (Phi) is 6.65. The van der Waals surface area contributed by atoms with Crippen molar-refractivity contribution in [3.63, 3.8) is 0 Å². The lowest BCUT2D eigenvalue weighted by Gasteiger charge is -2.23. The number of halogens is 1. The van der Waals surface area contributed by atoms with Crippen molar-refractivity contribution in [2.45, 2.75) is 44.7 Å². The molecule has 0 unspecified atom stereocenters. The largest absolute Gasteiger partial charge is 0.370 e. The van der Waals surface area contributed by atoms with Crippen molar-refractivity contribution in [2.75, 3.05) is 20.1 Å². The molecule has 122 valence electrons. The van der Waals surface area contributed by atoms with Gasteiger partial charge in [-0.25, -0.2) is 4.39 Å². The molecule has 3 N–H and O–H groups in total. The Bertz CT molecular complexity index is 466. The maximum absolute atomic E-state index is 12.9.